The highest BCUT2D eigenvalue weighted by Crippen LogP contribution is 2.34. The highest BCUT2D eigenvalue weighted by molar-refractivity contribution is 6.11. The first kappa shape index (κ1) is 10.8. The zero-order valence-corrected chi connectivity index (χ0v) is 10.2. The molecule has 0 bridgehead atoms. The zero-order chi connectivity index (χ0) is 12.9. The van der Waals surface area contributed by atoms with E-state index in [4.69, 9.17) is 0 Å². The molecule has 0 amide bonds. The van der Waals surface area contributed by atoms with E-state index in [0.717, 1.165) is 27.5 Å². The summed E-state index contributed by atoms with van der Waals surface area (Å²) in [7, 11) is 0. The lowest BCUT2D eigenvalue weighted by Crippen LogP contribution is -1.90. The van der Waals surface area contributed by atoms with Crippen molar-refractivity contribution in [3.05, 3.63) is 51.7 Å². The first-order valence-corrected chi connectivity index (χ1v) is 5.74. The number of H-pyrrole nitrogens is 1. The lowest BCUT2D eigenvalue weighted by molar-refractivity contribution is -0.383. The number of hydrogen-bond acceptors (Lipinski definition) is 2. The Kier molecular flexibility index (Phi) is 2.13. The van der Waals surface area contributed by atoms with Crippen molar-refractivity contribution < 1.29 is 4.92 Å². The first-order chi connectivity index (χ1) is 8.59. The van der Waals surface area contributed by atoms with Gasteiger partial charge in [0.25, 0.3) is 5.69 Å². The second-order valence-corrected chi connectivity index (χ2v) is 4.50. The van der Waals surface area contributed by atoms with Gasteiger partial charge in [-0.2, -0.15) is 0 Å². The van der Waals surface area contributed by atoms with E-state index in [1.54, 1.807) is 12.1 Å². The largest absolute Gasteiger partial charge is 0.358 e. The number of aryl methyl sites for hydroxylation is 2. The SMILES string of the molecule is Cc1[nH]c2c(ccc3cccc([N+](=O)[O-])c32)c1C. The van der Waals surface area contributed by atoms with Crippen LogP contribution in [-0.2, 0) is 0 Å². The van der Waals surface area contributed by atoms with Gasteiger partial charge in [-0.15, -0.1) is 0 Å². The summed E-state index contributed by atoms with van der Waals surface area (Å²) in [6.45, 7) is 4.00. The van der Waals surface area contributed by atoms with Crippen molar-refractivity contribution in [1.82, 2.24) is 4.98 Å². The van der Waals surface area contributed by atoms with E-state index in [0.29, 0.717) is 5.39 Å². The number of nitro groups is 1. The second-order valence-electron chi connectivity index (χ2n) is 4.50. The fraction of sp³-hybridized carbons (Fsp3) is 0.143. The van der Waals surface area contributed by atoms with Crippen LogP contribution < -0.4 is 0 Å². The first-order valence-electron chi connectivity index (χ1n) is 5.74. The zero-order valence-electron chi connectivity index (χ0n) is 10.2. The van der Waals surface area contributed by atoms with E-state index < -0.39 is 0 Å². The van der Waals surface area contributed by atoms with Crippen LogP contribution in [0.3, 0.4) is 0 Å². The average molecular weight is 240 g/mol. The predicted molar refractivity (Wildman–Crippen MR) is 71.9 cm³/mol. The molecular formula is C14H12N2O2. The molecule has 0 aliphatic carbocycles. The van der Waals surface area contributed by atoms with Gasteiger partial charge in [0.15, 0.2) is 0 Å². The van der Waals surface area contributed by atoms with E-state index in [1.807, 2.05) is 32.0 Å². The van der Waals surface area contributed by atoms with Crippen molar-refractivity contribution in [2.45, 2.75) is 13.8 Å². The van der Waals surface area contributed by atoms with Crippen LogP contribution in [0.25, 0.3) is 21.7 Å². The molecule has 0 fully saturated rings. The summed E-state index contributed by atoms with van der Waals surface area (Å²) in [5, 5.41) is 13.8. The maximum Gasteiger partial charge on any atom is 0.279 e. The fourth-order valence-electron chi connectivity index (χ4n) is 2.44. The van der Waals surface area contributed by atoms with E-state index in [-0.39, 0.29) is 10.6 Å². The minimum Gasteiger partial charge on any atom is -0.358 e. The second kappa shape index (κ2) is 3.57. The van der Waals surface area contributed by atoms with Gasteiger partial charge >= 0.3 is 0 Å². The van der Waals surface area contributed by atoms with Crippen LogP contribution in [0.2, 0.25) is 0 Å². The number of benzene rings is 2. The van der Waals surface area contributed by atoms with Gasteiger partial charge in [0, 0.05) is 17.1 Å². The number of aromatic nitrogens is 1. The molecule has 0 aliphatic rings. The lowest BCUT2D eigenvalue weighted by atomic mass is 10.0. The summed E-state index contributed by atoms with van der Waals surface area (Å²) in [6, 6.07) is 9.11. The van der Waals surface area contributed by atoms with Gasteiger partial charge in [0.1, 0.15) is 0 Å². The smallest absolute Gasteiger partial charge is 0.279 e. The summed E-state index contributed by atoms with van der Waals surface area (Å²) in [5.74, 6) is 0. The molecule has 1 heterocycles. The van der Waals surface area contributed by atoms with Crippen LogP contribution >= 0.6 is 0 Å². The van der Waals surface area contributed by atoms with E-state index in [1.165, 1.54) is 0 Å². The molecule has 1 N–H and O–H groups in total. The maximum absolute atomic E-state index is 11.1. The fourth-order valence-corrected chi connectivity index (χ4v) is 2.44. The van der Waals surface area contributed by atoms with Crippen molar-refractivity contribution in [1.29, 1.82) is 0 Å². The summed E-state index contributed by atoms with van der Waals surface area (Å²) in [4.78, 5) is 14.1. The molecule has 1 aromatic heterocycles. The number of nitrogens with one attached hydrogen (secondary N) is 1. The van der Waals surface area contributed by atoms with Crippen LogP contribution in [0, 0.1) is 24.0 Å². The molecule has 3 aromatic rings. The Balaban J connectivity index is 2.60. The predicted octanol–water partition coefficient (Wildman–Crippen LogP) is 3.85. The van der Waals surface area contributed by atoms with Gasteiger partial charge in [-0.05, 0) is 24.8 Å². The maximum atomic E-state index is 11.1. The molecule has 90 valence electrons. The Bertz CT molecular complexity index is 787. The Morgan fingerprint density at radius 2 is 1.94 bits per heavy atom. The molecule has 18 heavy (non-hydrogen) atoms. The third-order valence-corrected chi connectivity index (χ3v) is 3.50. The van der Waals surface area contributed by atoms with E-state index in [2.05, 4.69) is 4.98 Å². The number of rotatable bonds is 1. The van der Waals surface area contributed by atoms with Crippen molar-refractivity contribution in [3.63, 3.8) is 0 Å². The summed E-state index contributed by atoms with van der Waals surface area (Å²) < 4.78 is 0. The summed E-state index contributed by atoms with van der Waals surface area (Å²) in [6.07, 6.45) is 0. The van der Waals surface area contributed by atoms with Crippen molar-refractivity contribution >= 4 is 27.4 Å². The van der Waals surface area contributed by atoms with Gasteiger partial charge in [-0.3, -0.25) is 10.1 Å². The molecule has 4 heteroatoms. The lowest BCUT2D eigenvalue weighted by Gasteiger charge is -2.01. The molecule has 0 radical (unpaired) electrons. The Morgan fingerprint density at radius 3 is 2.67 bits per heavy atom. The summed E-state index contributed by atoms with van der Waals surface area (Å²) in [5.41, 5.74) is 3.20. The monoisotopic (exact) mass is 240 g/mol. The molecule has 0 saturated carbocycles. The van der Waals surface area contributed by atoms with E-state index in [9.17, 15) is 10.1 Å². The molecule has 0 saturated heterocycles. The van der Waals surface area contributed by atoms with Crippen LogP contribution in [0.4, 0.5) is 5.69 Å². The Morgan fingerprint density at radius 1 is 1.17 bits per heavy atom. The van der Waals surface area contributed by atoms with Gasteiger partial charge in [-0.1, -0.05) is 24.3 Å². The number of non-ortho nitro benzene ring substituents is 1. The number of fused-ring (bicyclic) bond motifs is 3. The van der Waals surface area contributed by atoms with Crippen molar-refractivity contribution in [3.8, 4) is 0 Å². The van der Waals surface area contributed by atoms with Gasteiger partial charge in [-0.25, -0.2) is 0 Å². The Labute approximate surface area is 103 Å². The minimum atomic E-state index is -0.326. The Hall–Kier alpha value is -2.36. The number of hydrogen-bond donors (Lipinski definition) is 1. The highest BCUT2D eigenvalue weighted by Gasteiger charge is 2.16. The molecule has 4 nitrogen and oxygen atoms in total. The number of nitrogens with zero attached hydrogens (tertiary/aromatic N) is 1. The van der Waals surface area contributed by atoms with Crippen LogP contribution in [0.15, 0.2) is 30.3 Å². The molecular weight excluding hydrogens is 228 g/mol. The highest BCUT2D eigenvalue weighted by atomic mass is 16.6. The van der Waals surface area contributed by atoms with E-state index >= 15 is 0 Å². The standard InChI is InChI=1S/C14H12N2O2/c1-8-9(2)15-14-11(8)7-6-10-4-3-5-12(13(10)14)16(17)18/h3-7,15H,1-2H3. The molecule has 0 atom stereocenters. The molecule has 0 spiro atoms. The van der Waals surface area contributed by atoms with Crippen molar-refractivity contribution in [2.75, 3.05) is 0 Å². The van der Waals surface area contributed by atoms with Gasteiger partial charge in [0.05, 0.1) is 15.8 Å². The normalized spacial score (nSPS) is 11.2. The third-order valence-electron chi connectivity index (χ3n) is 3.50. The molecule has 0 aliphatic heterocycles. The molecule has 0 unspecified atom stereocenters. The quantitative estimate of drug-likeness (QED) is 0.518. The summed E-state index contributed by atoms with van der Waals surface area (Å²) >= 11 is 0. The molecule has 2 aromatic carbocycles. The van der Waals surface area contributed by atoms with Gasteiger partial charge < -0.3 is 4.98 Å². The van der Waals surface area contributed by atoms with Crippen LogP contribution in [0.1, 0.15) is 11.3 Å². The third kappa shape index (κ3) is 1.32. The van der Waals surface area contributed by atoms with Gasteiger partial charge in [0.2, 0.25) is 0 Å². The van der Waals surface area contributed by atoms with Crippen molar-refractivity contribution in [2.24, 2.45) is 0 Å². The molecule has 3 rings (SSSR count). The number of aromatic amines is 1. The van der Waals surface area contributed by atoms with Crippen LogP contribution in [-0.4, -0.2) is 9.91 Å². The minimum absolute atomic E-state index is 0.152. The van der Waals surface area contributed by atoms with Crippen LogP contribution in [0.5, 0.6) is 0 Å². The number of nitro benzene ring substituents is 1. The topological polar surface area (TPSA) is 58.9 Å². The average Bonchev–Trinajstić information content (AvgIpc) is 2.65.